The van der Waals surface area contributed by atoms with E-state index in [1.807, 2.05) is 72.9 Å². The average Bonchev–Trinajstić information content (AvgIpc) is 3.85. The van der Waals surface area contributed by atoms with Crippen molar-refractivity contribution in [1.29, 1.82) is 5.26 Å². The first kappa shape index (κ1) is 29.0. The van der Waals surface area contributed by atoms with E-state index in [2.05, 4.69) is 77.8 Å². The number of hydrogen-bond donors (Lipinski definition) is 0. The Morgan fingerprint density at radius 3 is 1.92 bits per heavy atom. The van der Waals surface area contributed by atoms with Gasteiger partial charge in [0.25, 0.3) is 0 Å². The summed E-state index contributed by atoms with van der Waals surface area (Å²) in [5.41, 5.74) is 13.3. The van der Waals surface area contributed by atoms with Gasteiger partial charge in [0.2, 0.25) is 0 Å². The number of rotatable bonds is 4. The number of furan rings is 1. The van der Waals surface area contributed by atoms with E-state index in [1.54, 1.807) is 13.3 Å². The predicted molar refractivity (Wildman–Crippen MR) is 200 cm³/mol. The molecule has 1 unspecified atom stereocenters. The molecule has 0 N–H and O–H groups in total. The third-order valence-electron chi connectivity index (χ3n) is 10.3. The smallest absolute Gasteiger partial charge is 0.164 e. The van der Waals surface area contributed by atoms with Gasteiger partial charge in [0, 0.05) is 40.9 Å². The molecular weight excluding hydrogens is 627 g/mol. The summed E-state index contributed by atoms with van der Waals surface area (Å²) in [6.07, 6.45) is 3.48. The van der Waals surface area contributed by atoms with Crippen LogP contribution in [0.5, 0.6) is 0 Å². The molecule has 1 spiro atoms. The predicted octanol–water partition coefficient (Wildman–Crippen LogP) is 9.88. The van der Waals surface area contributed by atoms with Crippen molar-refractivity contribution in [3.63, 3.8) is 0 Å². The minimum atomic E-state index is -0.631. The van der Waals surface area contributed by atoms with Crippen LogP contribution in [0.15, 0.2) is 149 Å². The van der Waals surface area contributed by atoms with E-state index in [-0.39, 0.29) is 0 Å². The number of fused-ring (bicyclic) bond motifs is 12. The maximum absolute atomic E-state index is 10.2. The number of benzene rings is 6. The summed E-state index contributed by atoms with van der Waals surface area (Å²) in [7, 11) is 1.79. The van der Waals surface area contributed by atoms with Crippen molar-refractivity contribution in [3.8, 4) is 62.5 Å². The number of nitriles is 1. The second-order valence-electron chi connectivity index (χ2n) is 12.9. The lowest BCUT2D eigenvalue weighted by molar-refractivity contribution is 0.614. The molecule has 0 fully saturated rings. The summed E-state index contributed by atoms with van der Waals surface area (Å²) in [5.74, 6) is 1.85. The second kappa shape index (κ2) is 11.0. The Kier molecular flexibility index (Phi) is 6.27. The average molecular weight is 654 g/mol. The largest absolute Gasteiger partial charge is 0.463 e. The lowest BCUT2D eigenvalue weighted by Crippen LogP contribution is -2.25. The Morgan fingerprint density at radius 1 is 0.608 bits per heavy atom. The summed E-state index contributed by atoms with van der Waals surface area (Å²) in [6, 6.07) is 48.4. The van der Waals surface area contributed by atoms with Crippen LogP contribution in [0.2, 0.25) is 0 Å². The summed E-state index contributed by atoms with van der Waals surface area (Å²) in [4.78, 5) is 19.4. The van der Waals surface area contributed by atoms with E-state index in [0.29, 0.717) is 28.6 Å². The third kappa shape index (κ3) is 4.03. The molecule has 0 saturated heterocycles. The maximum atomic E-state index is 10.2. The first-order valence-electron chi connectivity index (χ1n) is 16.8. The van der Waals surface area contributed by atoms with Crippen molar-refractivity contribution >= 4 is 17.2 Å². The zero-order chi connectivity index (χ0) is 34.1. The summed E-state index contributed by atoms with van der Waals surface area (Å²) in [5, 5.41) is 11.1. The van der Waals surface area contributed by atoms with Crippen LogP contribution in [0.1, 0.15) is 33.4 Å². The van der Waals surface area contributed by atoms with Crippen molar-refractivity contribution in [1.82, 2.24) is 15.0 Å². The van der Waals surface area contributed by atoms with E-state index in [9.17, 15) is 5.26 Å². The Bertz CT molecular complexity index is 2720. The van der Waals surface area contributed by atoms with Crippen LogP contribution in [-0.2, 0) is 5.41 Å². The van der Waals surface area contributed by atoms with Gasteiger partial charge in [-0.3, -0.25) is 4.99 Å². The molecule has 0 aliphatic heterocycles. The quantitative estimate of drug-likeness (QED) is 0.177. The summed E-state index contributed by atoms with van der Waals surface area (Å²) >= 11 is 0. The van der Waals surface area contributed by atoms with Crippen molar-refractivity contribution in [2.45, 2.75) is 5.41 Å². The highest BCUT2D eigenvalue weighted by atomic mass is 16.3. The van der Waals surface area contributed by atoms with Crippen molar-refractivity contribution < 1.29 is 4.42 Å². The van der Waals surface area contributed by atoms with Crippen LogP contribution < -0.4 is 0 Å². The van der Waals surface area contributed by atoms with Gasteiger partial charge < -0.3 is 4.42 Å². The van der Waals surface area contributed by atoms with Gasteiger partial charge in [0.1, 0.15) is 17.9 Å². The van der Waals surface area contributed by atoms with Gasteiger partial charge >= 0.3 is 0 Å². The van der Waals surface area contributed by atoms with Gasteiger partial charge in [-0.05, 0) is 56.6 Å². The molecule has 0 amide bonds. The van der Waals surface area contributed by atoms with Crippen LogP contribution in [0.3, 0.4) is 0 Å². The van der Waals surface area contributed by atoms with E-state index in [0.717, 1.165) is 61.0 Å². The number of hydrogen-bond acceptors (Lipinski definition) is 6. The molecule has 1 atom stereocenters. The standard InChI is InChI=1S/C45H27N5O/c1-47-25-30-15-10-18-36-39(30)41-37(21-22-38-40(41)31(24-46)26-51-38)45(36)34-17-9-8-16-32(34)33-23-29(19-20-35(33)45)44-49-42(27-11-4-2-5-12-27)48-43(50-44)28-13-6-3-7-14-28/h2-23,25-26H,1H3. The monoisotopic (exact) mass is 653 g/mol. The topological polar surface area (TPSA) is 88.0 Å². The number of aliphatic imine (C=N–C) groups is 1. The van der Waals surface area contributed by atoms with Crippen LogP contribution in [0.25, 0.3) is 67.4 Å². The fourth-order valence-electron chi connectivity index (χ4n) is 8.28. The highest BCUT2D eigenvalue weighted by Gasteiger charge is 2.53. The first-order chi connectivity index (χ1) is 25.2. The molecule has 2 aromatic heterocycles. The Balaban J connectivity index is 1.26. The molecule has 0 radical (unpaired) electrons. The fourth-order valence-corrected chi connectivity index (χ4v) is 8.28. The third-order valence-corrected chi connectivity index (χ3v) is 10.3. The summed E-state index contributed by atoms with van der Waals surface area (Å²) in [6.45, 7) is 0. The molecule has 0 saturated carbocycles. The van der Waals surface area contributed by atoms with Gasteiger partial charge in [-0.25, -0.2) is 15.0 Å². The van der Waals surface area contributed by atoms with E-state index >= 15 is 0 Å². The first-order valence-corrected chi connectivity index (χ1v) is 16.8. The van der Waals surface area contributed by atoms with Crippen LogP contribution >= 0.6 is 0 Å². The minimum Gasteiger partial charge on any atom is -0.463 e. The summed E-state index contributed by atoms with van der Waals surface area (Å²) < 4.78 is 5.94. The number of aromatic nitrogens is 3. The zero-order valence-electron chi connectivity index (χ0n) is 27.5. The molecule has 6 heteroatoms. The lowest BCUT2D eigenvalue weighted by atomic mass is 9.70. The maximum Gasteiger partial charge on any atom is 0.164 e. The zero-order valence-corrected chi connectivity index (χ0v) is 27.5. The fraction of sp³-hybridized carbons (Fsp3) is 0.0444. The Morgan fingerprint density at radius 2 is 1.22 bits per heavy atom. The molecule has 2 heterocycles. The normalized spacial score (nSPS) is 15.1. The molecule has 10 rings (SSSR count). The van der Waals surface area contributed by atoms with Gasteiger partial charge in [-0.2, -0.15) is 5.26 Å². The van der Waals surface area contributed by atoms with Gasteiger partial charge in [0.15, 0.2) is 17.5 Å². The van der Waals surface area contributed by atoms with E-state index < -0.39 is 5.41 Å². The molecule has 6 aromatic carbocycles. The van der Waals surface area contributed by atoms with Crippen molar-refractivity contribution in [2.75, 3.05) is 7.05 Å². The van der Waals surface area contributed by atoms with Gasteiger partial charge in [-0.15, -0.1) is 0 Å². The van der Waals surface area contributed by atoms with Crippen molar-refractivity contribution in [2.24, 2.45) is 4.99 Å². The minimum absolute atomic E-state index is 0.522. The van der Waals surface area contributed by atoms with Crippen LogP contribution in [0.4, 0.5) is 0 Å². The Hall–Kier alpha value is -6.97. The van der Waals surface area contributed by atoms with E-state index in [1.165, 1.54) is 11.1 Å². The second-order valence-corrected chi connectivity index (χ2v) is 12.9. The molecule has 0 bridgehead atoms. The van der Waals surface area contributed by atoms with Crippen LogP contribution in [0, 0.1) is 11.3 Å². The lowest BCUT2D eigenvalue weighted by Gasteiger charge is -2.30. The molecule has 6 nitrogen and oxygen atoms in total. The molecule has 2 aliphatic rings. The highest BCUT2D eigenvalue weighted by Crippen LogP contribution is 2.64. The molecule has 51 heavy (non-hydrogen) atoms. The van der Waals surface area contributed by atoms with Gasteiger partial charge in [-0.1, -0.05) is 121 Å². The molecular formula is C45H27N5O. The molecule has 238 valence electrons. The van der Waals surface area contributed by atoms with Gasteiger partial charge in [0.05, 0.1) is 11.0 Å². The Labute approximate surface area is 294 Å². The van der Waals surface area contributed by atoms with Crippen molar-refractivity contribution in [3.05, 3.63) is 173 Å². The highest BCUT2D eigenvalue weighted by molar-refractivity contribution is 6.10. The molecule has 2 aliphatic carbocycles. The van der Waals surface area contributed by atoms with Crippen LogP contribution in [-0.4, -0.2) is 28.2 Å². The molecule has 8 aromatic rings. The number of nitrogens with zero attached hydrogens (tertiary/aromatic N) is 5. The van der Waals surface area contributed by atoms with E-state index in [4.69, 9.17) is 19.4 Å². The SMILES string of the molecule is CN=Cc1cccc2c1-c1c(ccc3occ(C#N)c13)C21c2ccccc2-c2cc(-c3nc(-c4ccccc4)nc(-c4ccccc4)n3)ccc21.